The van der Waals surface area contributed by atoms with Crippen LogP contribution in [-0.4, -0.2) is 23.5 Å². The zero-order chi connectivity index (χ0) is 25.1. The Bertz CT molecular complexity index is 1120. The molecule has 1 aromatic heterocycles. The highest BCUT2D eigenvalue weighted by Crippen LogP contribution is 2.39. The molecule has 1 heterocycles. The number of amidine groups is 1. The molecule has 3 aromatic rings. The highest BCUT2D eigenvalue weighted by atomic mass is 35.5. The van der Waals surface area contributed by atoms with E-state index in [0.717, 1.165) is 27.3 Å². The summed E-state index contributed by atoms with van der Waals surface area (Å²) in [6.07, 6.45) is 0.588. The van der Waals surface area contributed by atoms with Crippen molar-refractivity contribution >= 4 is 41.2 Å². The Morgan fingerprint density at radius 3 is 2.06 bits per heavy atom. The first-order valence-electron chi connectivity index (χ1n) is 11.4. The Kier molecular flexibility index (Phi) is 9.15. The van der Waals surface area contributed by atoms with Gasteiger partial charge in [-0.1, -0.05) is 59.7 Å². The van der Waals surface area contributed by atoms with Gasteiger partial charge in [0, 0.05) is 23.2 Å². The quantitative estimate of drug-likeness (QED) is 0.183. The van der Waals surface area contributed by atoms with Gasteiger partial charge in [-0.15, -0.1) is 23.7 Å². The fourth-order valence-electron chi connectivity index (χ4n) is 3.62. The molecule has 0 amide bonds. The van der Waals surface area contributed by atoms with Crippen LogP contribution in [0, 0.1) is 5.41 Å². The molecule has 0 spiro atoms. The van der Waals surface area contributed by atoms with E-state index in [2.05, 4.69) is 5.32 Å². The number of thiophene rings is 1. The molecule has 0 saturated carbocycles. The van der Waals surface area contributed by atoms with Crippen LogP contribution in [0.25, 0.3) is 0 Å². The average Bonchev–Trinajstić information content (AvgIpc) is 3.28. The topological polar surface area (TPSA) is 82.4 Å². The normalized spacial score (nSPS) is 11.5. The first kappa shape index (κ1) is 28.4. The van der Waals surface area contributed by atoms with Crippen LogP contribution in [0.15, 0.2) is 53.9 Å². The van der Waals surface area contributed by atoms with E-state index in [1.165, 1.54) is 11.3 Å². The summed E-state index contributed by atoms with van der Waals surface area (Å²) in [5.41, 5.74) is 3.20. The molecule has 0 fully saturated rings. The van der Waals surface area contributed by atoms with E-state index >= 15 is 0 Å². The molecule has 0 atom stereocenters. The number of halogens is 1. The van der Waals surface area contributed by atoms with Crippen LogP contribution in [0.4, 0.5) is 5.69 Å². The molecule has 188 valence electrons. The third kappa shape index (κ3) is 7.33. The molecule has 0 aliphatic carbocycles. The summed E-state index contributed by atoms with van der Waals surface area (Å²) >= 11 is 1.52. The number of carbonyl (C=O) groups excluding carboxylic acids is 1. The van der Waals surface area contributed by atoms with Crippen molar-refractivity contribution in [1.29, 1.82) is 5.41 Å². The fourth-order valence-corrected chi connectivity index (χ4v) is 4.25. The van der Waals surface area contributed by atoms with Crippen molar-refractivity contribution in [2.24, 2.45) is 0 Å². The van der Waals surface area contributed by atoms with Gasteiger partial charge in [0.25, 0.3) is 0 Å². The maximum absolute atomic E-state index is 12.9. The summed E-state index contributed by atoms with van der Waals surface area (Å²) in [4.78, 5) is 13.7. The maximum atomic E-state index is 12.9. The summed E-state index contributed by atoms with van der Waals surface area (Å²) in [6, 6.07) is 15.1. The number of rotatable bonds is 6. The maximum Gasteiger partial charge on any atom is 0.338 e. The van der Waals surface area contributed by atoms with E-state index in [-0.39, 0.29) is 35.6 Å². The van der Waals surface area contributed by atoms with Gasteiger partial charge in [0.1, 0.15) is 11.6 Å². The van der Waals surface area contributed by atoms with Crippen molar-refractivity contribution in [3.05, 3.63) is 81.0 Å². The zero-order valence-electron chi connectivity index (χ0n) is 21.2. The summed E-state index contributed by atoms with van der Waals surface area (Å²) in [5, 5.41) is 24.0. The van der Waals surface area contributed by atoms with E-state index in [1.807, 2.05) is 83.3 Å². The third-order valence-corrected chi connectivity index (χ3v) is 6.46. The van der Waals surface area contributed by atoms with E-state index in [1.54, 1.807) is 12.1 Å². The molecule has 0 unspecified atom stereocenters. The van der Waals surface area contributed by atoms with Gasteiger partial charge < -0.3 is 15.2 Å². The van der Waals surface area contributed by atoms with Crippen molar-refractivity contribution in [2.45, 2.75) is 58.8 Å². The van der Waals surface area contributed by atoms with E-state index in [0.29, 0.717) is 17.8 Å². The van der Waals surface area contributed by atoms with Crippen molar-refractivity contribution in [3.8, 4) is 5.75 Å². The molecular formula is C28H35ClN2O3S. The summed E-state index contributed by atoms with van der Waals surface area (Å²) < 4.78 is 5.58. The molecule has 0 aliphatic heterocycles. The predicted octanol–water partition coefficient (Wildman–Crippen LogP) is 7.31. The largest absolute Gasteiger partial charge is 0.507 e. The van der Waals surface area contributed by atoms with Gasteiger partial charge in [-0.25, -0.2) is 4.79 Å². The van der Waals surface area contributed by atoms with Crippen LogP contribution in [0.5, 0.6) is 5.75 Å². The summed E-state index contributed by atoms with van der Waals surface area (Å²) in [7, 11) is 0. The Balaban J connectivity index is 0.00000432. The van der Waals surface area contributed by atoms with Crippen molar-refractivity contribution in [1.82, 2.24) is 0 Å². The predicted molar refractivity (Wildman–Crippen MR) is 148 cm³/mol. The first-order chi connectivity index (χ1) is 15.9. The zero-order valence-corrected chi connectivity index (χ0v) is 22.8. The molecule has 0 saturated heterocycles. The Hall–Kier alpha value is -2.83. The fraction of sp³-hybridized carbons (Fsp3) is 0.357. The molecule has 0 bridgehead atoms. The molecule has 3 rings (SSSR count). The van der Waals surface area contributed by atoms with E-state index < -0.39 is 5.97 Å². The van der Waals surface area contributed by atoms with Crippen LogP contribution in [0.1, 0.15) is 73.5 Å². The molecular weight excluding hydrogens is 480 g/mol. The number of benzene rings is 2. The third-order valence-electron chi connectivity index (χ3n) is 5.58. The SMILES string of the molecule is CC(C)(C)c1cc(C(=O)OCCc2ccc(NC(=N)c3cccs3)cc2)cc(C(C)(C)C)c1O.Cl. The van der Waals surface area contributed by atoms with Gasteiger partial charge in [0.05, 0.1) is 17.0 Å². The van der Waals surface area contributed by atoms with Crippen LogP contribution in [-0.2, 0) is 22.0 Å². The Labute approximate surface area is 218 Å². The molecule has 5 nitrogen and oxygen atoms in total. The molecule has 0 aliphatic rings. The highest BCUT2D eigenvalue weighted by molar-refractivity contribution is 7.12. The minimum absolute atomic E-state index is 0. The number of phenolic OH excluding ortho intramolecular Hbond substituents is 1. The second kappa shape index (κ2) is 11.3. The van der Waals surface area contributed by atoms with Crippen molar-refractivity contribution < 1.29 is 14.6 Å². The van der Waals surface area contributed by atoms with Crippen LogP contribution >= 0.6 is 23.7 Å². The number of phenols is 1. The van der Waals surface area contributed by atoms with E-state index in [4.69, 9.17) is 10.1 Å². The first-order valence-corrected chi connectivity index (χ1v) is 12.3. The van der Waals surface area contributed by atoms with Crippen LogP contribution in [0.3, 0.4) is 0 Å². The molecule has 35 heavy (non-hydrogen) atoms. The number of carbonyl (C=O) groups is 1. The van der Waals surface area contributed by atoms with Gasteiger partial charge in [-0.3, -0.25) is 5.41 Å². The lowest BCUT2D eigenvalue weighted by Gasteiger charge is -2.28. The lowest BCUT2D eigenvalue weighted by Crippen LogP contribution is -2.19. The average molecular weight is 515 g/mol. The molecule has 3 N–H and O–H groups in total. The van der Waals surface area contributed by atoms with Gasteiger partial charge in [-0.2, -0.15) is 0 Å². The number of hydrogen-bond donors (Lipinski definition) is 3. The Morgan fingerprint density at radius 1 is 1.00 bits per heavy atom. The second-order valence-electron chi connectivity index (χ2n) is 10.5. The molecule has 7 heteroatoms. The van der Waals surface area contributed by atoms with Crippen molar-refractivity contribution in [3.63, 3.8) is 0 Å². The lowest BCUT2D eigenvalue weighted by atomic mass is 9.78. The summed E-state index contributed by atoms with van der Waals surface area (Å²) in [6.45, 7) is 12.4. The second-order valence-corrected chi connectivity index (χ2v) is 11.4. The monoisotopic (exact) mass is 514 g/mol. The molecule has 2 aromatic carbocycles. The minimum atomic E-state index is -0.390. The van der Waals surface area contributed by atoms with E-state index in [9.17, 15) is 9.90 Å². The van der Waals surface area contributed by atoms with Gasteiger partial charge in [-0.05, 0) is 52.1 Å². The van der Waals surface area contributed by atoms with Crippen LogP contribution in [0.2, 0.25) is 0 Å². The smallest absolute Gasteiger partial charge is 0.338 e. The number of ether oxygens (including phenoxy) is 1. The minimum Gasteiger partial charge on any atom is -0.507 e. The van der Waals surface area contributed by atoms with Crippen molar-refractivity contribution in [2.75, 3.05) is 11.9 Å². The highest BCUT2D eigenvalue weighted by Gasteiger charge is 2.28. The Morgan fingerprint density at radius 2 is 1.57 bits per heavy atom. The number of hydrogen-bond acceptors (Lipinski definition) is 5. The number of aromatic hydroxyl groups is 1. The summed E-state index contributed by atoms with van der Waals surface area (Å²) in [5.74, 6) is 0.228. The van der Waals surface area contributed by atoms with Crippen LogP contribution < -0.4 is 5.32 Å². The van der Waals surface area contributed by atoms with Gasteiger partial charge >= 0.3 is 5.97 Å². The van der Waals surface area contributed by atoms with Gasteiger partial charge in [0.2, 0.25) is 0 Å². The van der Waals surface area contributed by atoms with Gasteiger partial charge in [0.15, 0.2) is 0 Å². The number of esters is 1. The lowest BCUT2D eigenvalue weighted by molar-refractivity contribution is 0.0509. The number of anilines is 1. The number of nitrogens with one attached hydrogen (secondary N) is 2. The molecule has 0 radical (unpaired) electrons. The standard InChI is InChI=1S/C28H34N2O3S.ClH/c1-27(2,3)21-16-19(17-22(24(21)31)28(4,5)6)26(32)33-14-13-18-9-11-20(12-10-18)30-25(29)23-8-7-15-34-23;/h7-12,15-17,31H,13-14H2,1-6H3,(H2,29,30);1H.